The molecule has 1 aromatic heterocycles. The van der Waals surface area contributed by atoms with Crippen molar-refractivity contribution in [3.63, 3.8) is 0 Å². The number of benzene rings is 3. The zero-order valence-electron chi connectivity index (χ0n) is 18.1. The fourth-order valence-corrected chi connectivity index (χ4v) is 3.80. The van der Waals surface area contributed by atoms with Crippen LogP contribution < -0.4 is 15.5 Å². The molecule has 0 unspecified atom stereocenters. The van der Waals surface area contributed by atoms with Crippen molar-refractivity contribution in [1.29, 1.82) is 0 Å². The Morgan fingerprint density at radius 3 is 2.30 bits per heavy atom. The quantitative estimate of drug-likeness (QED) is 0.339. The number of anilines is 1. The lowest BCUT2D eigenvalue weighted by molar-refractivity contribution is -0.384. The van der Waals surface area contributed by atoms with E-state index in [9.17, 15) is 19.7 Å². The largest absolute Gasteiger partial charge is 0.497 e. The molecule has 1 N–H and O–H groups in total. The molecule has 3 aromatic carbocycles. The number of non-ortho nitro benzene ring substituents is 1. The summed E-state index contributed by atoms with van der Waals surface area (Å²) in [5.74, 6) is 0.526. The van der Waals surface area contributed by atoms with Crippen LogP contribution in [0.2, 0.25) is 0 Å². The Morgan fingerprint density at radius 1 is 1.03 bits per heavy atom. The predicted octanol–water partition coefficient (Wildman–Crippen LogP) is 4.86. The van der Waals surface area contributed by atoms with Crippen molar-refractivity contribution in [1.82, 2.24) is 4.57 Å². The number of nitro groups is 1. The maximum absolute atomic E-state index is 13.5. The number of carbonyl (C=O) groups is 1. The molecule has 8 heteroatoms. The van der Waals surface area contributed by atoms with Gasteiger partial charge in [0.25, 0.3) is 11.6 Å². The van der Waals surface area contributed by atoms with Gasteiger partial charge in [0.15, 0.2) is 5.43 Å². The minimum Gasteiger partial charge on any atom is -0.497 e. The first-order valence-electron chi connectivity index (χ1n) is 10.3. The van der Waals surface area contributed by atoms with Crippen molar-refractivity contribution < 1.29 is 14.5 Å². The highest BCUT2D eigenvalue weighted by atomic mass is 16.6. The molecule has 0 bridgehead atoms. The highest BCUT2D eigenvalue weighted by Crippen LogP contribution is 2.30. The van der Waals surface area contributed by atoms with E-state index in [4.69, 9.17) is 4.74 Å². The zero-order valence-corrected chi connectivity index (χ0v) is 18.1. The van der Waals surface area contributed by atoms with Crippen molar-refractivity contribution in [2.75, 3.05) is 12.4 Å². The first-order chi connectivity index (χ1) is 15.9. The van der Waals surface area contributed by atoms with Gasteiger partial charge in [0.2, 0.25) is 0 Å². The maximum Gasteiger partial charge on any atom is 0.269 e. The van der Waals surface area contributed by atoms with Crippen LogP contribution >= 0.6 is 0 Å². The third kappa shape index (κ3) is 4.06. The number of pyridine rings is 1. The summed E-state index contributed by atoms with van der Waals surface area (Å²) in [4.78, 5) is 37.0. The average Bonchev–Trinajstić information content (AvgIpc) is 2.84. The minimum absolute atomic E-state index is 0.110. The lowest BCUT2D eigenvalue weighted by atomic mass is 10.0. The van der Waals surface area contributed by atoms with Crippen LogP contribution in [0.5, 0.6) is 5.75 Å². The second kappa shape index (κ2) is 8.96. The first kappa shape index (κ1) is 21.8. The molecule has 8 nitrogen and oxygen atoms in total. The lowest BCUT2D eigenvalue weighted by Crippen LogP contribution is -2.22. The second-order valence-corrected chi connectivity index (χ2v) is 7.30. The minimum atomic E-state index is -0.526. The SMILES string of the molecule is CCn1c(NC(=O)c2ccc([N+](=O)[O-])cc2)c(-c2ccc(OC)cc2)c(=O)c2ccccc21. The summed E-state index contributed by atoms with van der Waals surface area (Å²) >= 11 is 0. The highest BCUT2D eigenvalue weighted by Gasteiger charge is 2.20. The van der Waals surface area contributed by atoms with E-state index >= 15 is 0 Å². The molecule has 0 atom stereocenters. The van der Waals surface area contributed by atoms with Crippen LogP contribution in [0.4, 0.5) is 11.5 Å². The molecule has 1 amide bonds. The number of para-hydroxylation sites is 1. The Hall–Kier alpha value is -4.46. The Morgan fingerprint density at radius 2 is 1.70 bits per heavy atom. The van der Waals surface area contributed by atoms with Crippen LogP contribution in [0.1, 0.15) is 17.3 Å². The Kier molecular flexibility index (Phi) is 5.91. The van der Waals surface area contributed by atoms with Gasteiger partial charge in [-0.25, -0.2) is 0 Å². The fraction of sp³-hybridized carbons (Fsp3) is 0.120. The number of hydrogen-bond acceptors (Lipinski definition) is 5. The topological polar surface area (TPSA) is 103 Å². The first-order valence-corrected chi connectivity index (χ1v) is 10.3. The number of carbonyl (C=O) groups excluding carboxylic acids is 1. The molecular weight excluding hydrogens is 422 g/mol. The zero-order chi connectivity index (χ0) is 23.5. The molecule has 4 rings (SSSR count). The monoisotopic (exact) mass is 443 g/mol. The molecule has 0 aliphatic heterocycles. The molecule has 166 valence electrons. The van der Waals surface area contributed by atoms with E-state index in [1.165, 1.54) is 24.3 Å². The van der Waals surface area contributed by atoms with Gasteiger partial charge in [-0.1, -0.05) is 24.3 Å². The van der Waals surface area contributed by atoms with Crippen LogP contribution in [-0.2, 0) is 6.54 Å². The number of nitrogens with one attached hydrogen (secondary N) is 1. The summed E-state index contributed by atoms with van der Waals surface area (Å²) in [6.45, 7) is 2.43. The molecule has 0 saturated heterocycles. The number of aryl methyl sites for hydroxylation is 1. The number of methoxy groups -OCH3 is 1. The van der Waals surface area contributed by atoms with Gasteiger partial charge in [0, 0.05) is 29.6 Å². The summed E-state index contributed by atoms with van der Waals surface area (Å²) in [5.41, 5.74) is 1.60. The van der Waals surface area contributed by atoms with Crippen LogP contribution in [0, 0.1) is 10.1 Å². The molecule has 33 heavy (non-hydrogen) atoms. The van der Waals surface area contributed by atoms with Gasteiger partial charge in [0.1, 0.15) is 11.6 Å². The molecule has 0 aliphatic rings. The van der Waals surface area contributed by atoms with Crippen molar-refractivity contribution in [2.24, 2.45) is 0 Å². The lowest BCUT2D eigenvalue weighted by Gasteiger charge is -2.20. The summed E-state index contributed by atoms with van der Waals surface area (Å²) in [5, 5.41) is 14.3. The summed E-state index contributed by atoms with van der Waals surface area (Å²) in [6, 6.07) is 19.6. The third-order valence-corrected chi connectivity index (χ3v) is 5.44. The Balaban J connectivity index is 1.90. The van der Waals surface area contributed by atoms with Crippen molar-refractivity contribution in [3.05, 3.63) is 98.7 Å². The van der Waals surface area contributed by atoms with Gasteiger partial charge in [-0.15, -0.1) is 0 Å². The summed E-state index contributed by atoms with van der Waals surface area (Å²) in [7, 11) is 1.56. The number of ether oxygens (including phenoxy) is 1. The molecule has 0 radical (unpaired) electrons. The van der Waals surface area contributed by atoms with E-state index in [2.05, 4.69) is 5.32 Å². The standard InChI is InChI=1S/C25H21N3O5/c1-3-27-21-7-5-4-6-20(21)23(29)22(16-10-14-19(33-2)15-11-16)24(27)26-25(30)17-8-12-18(13-9-17)28(31)32/h4-15H,3H2,1-2H3,(H,26,30). The molecule has 4 aromatic rings. The number of rotatable bonds is 6. The molecule has 0 spiro atoms. The fourth-order valence-electron chi connectivity index (χ4n) is 3.80. The predicted molar refractivity (Wildman–Crippen MR) is 127 cm³/mol. The van der Waals surface area contributed by atoms with E-state index in [-0.39, 0.29) is 16.7 Å². The normalized spacial score (nSPS) is 10.7. The van der Waals surface area contributed by atoms with Crippen molar-refractivity contribution >= 4 is 28.3 Å². The highest BCUT2D eigenvalue weighted by molar-refractivity contribution is 6.07. The van der Waals surface area contributed by atoms with Gasteiger partial charge in [-0.05, 0) is 48.9 Å². The van der Waals surface area contributed by atoms with Crippen molar-refractivity contribution in [2.45, 2.75) is 13.5 Å². The van der Waals surface area contributed by atoms with E-state index < -0.39 is 10.8 Å². The molecular formula is C25H21N3O5. The molecule has 1 heterocycles. The second-order valence-electron chi connectivity index (χ2n) is 7.30. The van der Waals surface area contributed by atoms with E-state index in [1.807, 2.05) is 23.6 Å². The van der Waals surface area contributed by atoms with Crippen molar-refractivity contribution in [3.8, 4) is 16.9 Å². The Labute approximate surface area is 189 Å². The van der Waals surface area contributed by atoms with Gasteiger partial charge >= 0.3 is 0 Å². The Bertz CT molecular complexity index is 1410. The van der Waals surface area contributed by atoms with E-state index in [0.717, 1.165) is 0 Å². The van der Waals surface area contributed by atoms with Crippen LogP contribution in [-0.4, -0.2) is 22.5 Å². The smallest absolute Gasteiger partial charge is 0.269 e. The number of fused-ring (bicyclic) bond motifs is 1. The molecule has 0 saturated carbocycles. The number of nitro benzene ring substituents is 1. The number of nitrogens with zero attached hydrogens (tertiary/aromatic N) is 2. The summed E-state index contributed by atoms with van der Waals surface area (Å²) in [6.07, 6.45) is 0. The van der Waals surface area contributed by atoms with Gasteiger partial charge in [-0.3, -0.25) is 19.7 Å². The van der Waals surface area contributed by atoms with Crippen LogP contribution in [0.3, 0.4) is 0 Å². The van der Waals surface area contributed by atoms with Crippen LogP contribution in [0.25, 0.3) is 22.0 Å². The number of hydrogen-bond donors (Lipinski definition) is 1. The third-order valence-electron chi connectivity index (χ3n) is 5.44. The maximum atomic E-state index is 13.5. The van der Waals surface area contributed by atoms with Crippen LogP contribution in [0.15, 0.2) is 77.6 Å². The van der Waals surface area contributed by atoms with Gasteiger partial charge in [-0.2, -0.15) is 0 Å². The molecule has 0 fully saturated rings. The van der Waals surface area contributed by atoms with Gasteiger partial charge in [0.05, 0.1) is 23.1 Å². The van der Waals surface area contributed by atoms with E-state index in [0.29, 0.717) is 40.1 Å². The number of aromatic nitrogens is 1. The summed E-state index contributed by atoms with van der Waals surface area (Å²) < 4.78 is 7.10. The van der Waals surface area contributed by atoms with Gasteiger partial charge < -0.3 is 14.6 Å². The van der Waals surface area contributed by atoms with E-state index in [1.54, 1.807) is 43.5 Å². The number of amides is 1. The molecule has 0 aliphatic carbocycles. The average molecular weight is 443 g/mol.